The summed E-state index contributed by atoms with van der Waals surface area (Å²) in [4.78, 5) is 17.2. The Balaban J connectivity index is 1.48. The summed E-state index contributed by atoms with van der Waals surface area (Å²) in [5.41, 5.74) is 3.52. The first-order valence-electron chi connectivity index (χ1n) is 8.55. The van der Waals surface area contributed by atoms with Crippen molar-refractivity contribution in [3.8, 4) is 5.69 Å². The van der Waals surface area contributed by atoms with Crippen LogP contribution in [-0.2, 0) is 13.0 Å². The Morgan fingerprint density at radius 1 is 1.24 bits per heavy atom. The van der Waals surface area contributed by atoms with Crippen molar-refractivity contribution < 1.29 is 4.79 Å². The number of amides is 1. The lowest BCUT2D eigenvalue weighted by Gasteiger charge is -2.24. The van der Waals surface area contributed by atoms with Gasteiger partial charge in [0.1, 0.15) is 5.82 Å². The van der Waals surface area contributed by atoms with E-state index in [4.69, 9.17) is 0 Å². The molecule has 0 spiro atoms. The average Bonchev–Trinajstić information content (AvgIpc) is 3.19. The van der Waals surface area contributed by atoms with Crippen LogP contribution in [0.1, 0.15) is 34.0 Å². The Bertz CT molecular complexity index is 924. The number of hydrogen-bond acceptors (Lipinski definition) is 3. The highest BCUT2D eigenvalue weighted by Gasteiger charge is 2.21. The monoisotopic (exact) mass is 335 g/mol. The number of nitrogens with zero attached hydrogens (tertiary/aromatic N) is 4. The summed E-state index contributed by atoms with van der Waals surface area (Å²) in [6.45, 7) is 4.73. The minimum absolute atomic E-state index is 0.0454. The number of fused-ring (bicyclic) bond motifs is 1. The van der Waals surface area contributed by atoms with Crippen LogP contribution in [0.3, 0.4) is 0 Å². The standard InChI is InChI=1S/C19H21N5O/c1-13-8-9-24(22-13)17-5-3-4-15(10-17)19(25)21-16-6-7-18-20-14(2)11-23(18)12-16/h3-5,8-11,16H,6-7,12H2,1-2H3,(H,21,25)/t16-/m0/s1. The van der Waals surface area contributed by atoms with Gasteiger partial charge in [0.15, 0.2) is 0 Å². The van der Waals surface area contributed by atoms with E-state index in [0.717, 1.165) is 42.3 Å². The van der Waals surface area contributed by atoms with E-state index in [1.54, 1.807) is 4.68 Å². The van der Waals surface area contributed by atoms with Gasteiger partial charge in [-0.15, -0.1) is 0 Å². The van der Waals surface area contributed by atoms with Crippen molar-refractivity contribution in [3.63, 3.8) is 0 Å². The summed E-state index contributed by atoms with van der Waals surface area (Å²) in [6, 6.07) is 9.62. The first kappa shape index (κ1) is 15.6. The van der Waals surface area contributed by atoms with Crippen molar-refractivity contribution in [3.05, 3.63) is 65.5 Å². The van der Waals surface area contributed by atoms with Crippen LogP contribution in [0.5, 0.6) is 0 Å². The van der Waals surface area contributed by atoms with Crippen LogP contribution in [0.2, 0.25) is 0 Å². The molecule has 4 rings (SSSR count). The summed E-state index contributed by atoms with van der Waals surface area (Å²) >= 11 is 0. The van der Waals surface area contributed by atoms with Crippen molar-refractivity contribution in [2.75, 3.05) is 0 Å². The Kier molecular flexibility index (Phi) is 3.87. The van der Waals surface area contributed by atoms with Crippen LogP contribution in [0.15, 0.2) is 42.7 Å². The highest BCUT2D eigenvalue weighted by molar-refractivity contribution is 5.94. The molecule has 0 saturated heterocycles. The van der Waals surface area contributed by atoms with Crippen LogP contribution in [0.25, 0.3) is 5.69 Å². The van der Waals surface area contributed by atoms with Gasteiger partial charge in [-0.2, -0.15) is 5.10 Å². The normalized spacial score (nSPS) is 16.5. The van der Waals surface area contributed by atoms with Crippen LogP contribution in [-0.4, -0.2) is 31.3 Å². The molecule has 0 unspecified atom stereocenters. The summed E-state index contributed by atoms with van der Waals surface area (Å²) < 4.78 is 3.93. The molecule has 0 saturated carbocycles. The molecule has 0 bridgehead atoms. The minimum atomic E-state index is -0.0454. The number of carbonyl (C=O) groups is 1. The molecule has 1 amide bonds. The number of nitrogens with one attached hydrogen (secondary N) is 1. The fourth-order valence-electron chi connectivity index (χ4n) is 3.32. The third kappa shape index (κ3) is 3.20. The number of carbonyl (C=O) groups excluding carboxylic acids is 1. The van der Waals surface area contributed by atoms with E-state index in [9.17, 15) is 4.79 Å². The van der Waals surface area contributed by atoms with Gasteiger partial charge in [0, 0.05) is 37.0 Å². The maximum atomic E-state index is 12.7. The number of benzene rings is 1. The van der Waals surface area contributed by atoms with Gasteiger partial charge in [-0.05, 0) is 44.5 Å². The summed E-state index contributed by atoms with van der Waals surface area (Å²) in [7, 11) is 0. The SMILES string of the molecule is Cc1cn2c(n1)CC[C@H](NC(=O)c1cccc(-n3ccc(C)n3)c1)C2. The molecule has 1 aromatic carbocycles. The molecule has 2 aromatic heterocycles. The molecule has 0 aliphatic carbocycles. The van der Waals surface area contributed by atoms with Crippen LogP contribution in [0.4, 0.5) is 0 Å². The molecular weight excluding hydrogens is 314 g/mol. The summed E-state index contributed by atoms with van der Waals surface area (Å²) in [5, 5.41) is 7.55. The largest absolute Gasteiger partial charge is 0.347 e. The number of hydrogen-bond donors (Lipinski definition) is 1. The number of aryl methyl sites for hydroxylation is 3. The van der Waals surface area contributed by atoms with E-state index in [0.29, 0.717) is 5.56 Å². The molecule has 25 heavy (non-hydrogen) atoms. The lowest BCUT2D eigenvalue weighted by Crippen LogP contribution is -2.40. The van der Waals surface area contributed by atoms with Gasteiger partial charge in [0.25, 0.3) is 5.91 Å². The van der Waals surface area contributed by atoms with Crippen LogP contribution >= 0.6 is 0 Å². The lowest BCUT2D eigenvalue weighted by molar-refractivity contribution is 0.0927. The predicted molar refractivity (Wildman–Crippen MR) is 94.8 cm³/mol. The van der Waals surface area contributed by atoms with E-state index >= 15 is 0 Å². The Hall–Kier alpha value is -2.89. The maximum absolute atomic E-state index is 12.7. The molecule has 1 aliphatic rings. The highest BCUT2D eigenvalue weighted by atomic mass is 16.1. The van der Waals surface area contributed by atoms with Crippen LogP contribution in [0, 0.1) is 13.8 Å². The third-order valence-electron chi connectivity index (χ3n) is 4.54. The van der Waals surface area contributed by atoms with Gasteiger partial charge >= 0.3 is 0 Å². The number of imidazole rings is 1. The van der Waals surface area contributed by atoms with E-state index < -0.39 is 0 Å². The summed E-state index contributed by atoms with van der Waals surface area (Å²) in [6.07, 6.45) is 5.76. The second kappa shape index (κ2) is 6.20. The van der Waals surface area contributed by atoms with Gasteiger partial charge in [-0.1, -0.05) is 6.07 Å². The van der Waals surface area contributed by atoms with Crippen molar-refractivity contribution in [1.29, 1.82) is 0 Å². The van der Waals surface area contributed by atoms with Gasteiger partial charge in [0.05, 0.1) is 17.1 Å². The molecule has 6 heteroatoms. The Morgan fingerprint density at radius 3 is 2.92 bits per heavy atom. The van der Waals surface area contributed by atoms with Gasteiger partial charge in [0.2, 0.25) is 0 Å². The molecule has 6 nitrogen and oxygen atoms in total. The molecule has 0 fully saturated rings. The zero-order valence-corrected chi connectivity index (χ0v) is 14.4. The van der Waals surface area contributed by atoms with Crippen molar-refractivity contribution in [2.24, 2.45) is 0 Å². The van der Waals surface area contributed by atoms with Crippen molar-refractivity contribution >= 4 is 5.91 Å². The zero-order chi connectivity index (χ0) is 17.4. The molecule has 0 radical (unpaired) electrons. The molecule has 1 aliphatic heterocycles. The van der Waals surface area contributed by atoms with Gasteiger partial charge in [-0.25, -0.2) is 9.67 Å². The zero-order valence-electron chi connectivity index (χ0n) is 14.4. The second-order valence-electron chi connectivity index (χ2n) is 6.61. The van der Waals surface area contributed by atoms with E-state index in [-0.39, 0.29) is 11.9 Å². The molecular formula is C19H21N5O. The van der Waals surface area contributed by atoms with E-state index in [1.165, 1.54) is 0 Å². The van der Waals surface area contributed by atoms with Gasteiger partial charge in [-0.3, -0.25) is 4.79 Å². The van der Waals surface area contributed by atoms with Crippen LogP contribution < -0.4 is 5.32 Å². The number of rotatable bonds is 3. The molecule has 3 aromatic rings. The highest BCUT2D eigenvalue weighted by Crippen LogP contribution is 2.16. The number of aromatic nitrogens is 4. The minimum Gasteiger partial charge on any atom is -0.347 e. The van der Waals surface area contributed by atoms with Crippen molar-refractivity contribution in [2.45, 2.75) is 39.3 Å². The second-order valence-corrected chi connectivity index (χ2v) is 6.61. The van der Waals surface area contributed by atoms with Crippen molar-refractivity contribution in [1.82, 2.24) is 24.6 Å². The first-order valence-corrected chi connectivity index (χ1v) is 8.55. The smallest absolute Gasteiger partial charge is 0.251 e. The lowest BCUT2D eigenvalue weighted by atomic mass is 10.1. The third-order valence-corrected chi connectivity index (χ3v) is 4.54. The van der Waals surface area contributed by atoms with E-state index in [2.05, 4.69) is 20.0 Å². The topological polar surface area (TPSA) is 64.7 Å². The maximum Gasteiger partial charge on any atom is 0.251 e. The van der Waals surface area contributed by atoms with Gasteiger partial charge < -0.3 is 9.88 Å². The molecule has 128 valence electrons. The first-order chi connectivity index (χ1) is 12.1. The Morgan fingerprint density at radius 2 is 2.12 bits per heavy atom. The quantitative estimate of drug-likeness (QED) is 0.799. The Labute approximate surface area is 146 Å². The summed E-state index contributed by atoms with van der Waals surface area (Å²) in [5.74, 6) is 1.06. The predicted octanol–water partition coefficient (Wildman–Crippen LogP) is 2.43. The molecule has 3 heterocycles. The average molecular weight is 335 g/mol. The fourth-order valence-corrected chi connectivity index (χ4v) is 3.32. The molecule has 1 N–H and O–H groups in total. The molecule has 1 atom stereocenters. The fraction of sp³-hybridized carbons (Fsp3) is 0.316. The van der Waals surface area contributed by atoms with E-state index in [1.807, 2.05) is 56.6 Å².